The van der Waals surface area contributed by atoms with Crippen molar-refractivity contribution in [2.75, 3.05) is 13.1 Å². The first-order chi connectivity index (χ1) is 20.7. The molecule has 3 N–H and O–H groups in total. The van der Waals surface area contributed by atoms with E-state index in [-0.39, 0.29) is 24.2 Å². The minimum absolute atomic E-state index is 0.0677. The van der Waals surface area contributed by atoms with E-state index in [1.54, 1.807) is 11.7 Å². The normalized spacial score (nSPS) is 15.1. The topological polar surface area (TPSA) is 154 Å². The van der Waals surface area contributed by atoms with Crippen LogP contribution in [0.15, 0.2) is 59.9 Å². The van der Waals surface area contributed by atoms with E-state index in [9.17, 15) is 14.7 Å². The molecule has 0 spiro atoms. The molecular weight excluding hydrogens is 592 g/mol. The Bertz CT molecular complexity index is 1830. The summed E-state index contributed by atoms with van der Waals surface area (Å²) in [4.78, 5) is 35.4. The zero-order chi connectivity index (χ0) is 30.1. The first kappa shape index (κ1) is 28.9. The van der Waals surface area contributed by atoms with Crippen LogP contribution in [-0.4, -0.2) is 63.5 Å². The van der Waals surface area contributed by atoms with Gasteiger partial charge in [0.25, 0.3) is 5.56 Å². The van der Waals surface area contributed by atoms with Crippen molar-refractivity contribution < 1.29 is 14.6 Å². The molecule has 14 heteroatoms. The summed E-state index contributed by atoms with van der Waals surface area (Å²) in [7, 11) is 1.75. The number of halogens is 1. The maximum Gasteiger partial charge on any atom is 0.404 e. The number of hydrogen-bond donors (Lipinski definition) is 2. The summed E-state index contributed by atoms with van der Waals surface area (Å²) in [5.41, 5.74) is 8.58. The van der Waals surface area contributed by atoms with Crippen LogP contribution in [0.4, 0.5) is 4.79 Å². The number of primary amides is 1. The fourth-order valence-corrected chi connectivity index (χ4v) is 6.16. The number of nitrogens with two attached hydrogens (primary N) is 1. The zero-order valence-corrected chi connectivity index (χ0v) is 24.9. The average Bonchev–Trinajstić information content (AvgIpc) is 3.65. The maximum atomic E-state index is 13.4. The molecule has 1 aliphatic rings. The Kier molecular flexibility index (Phi) is 7.97. The van der Waals surface area contributed by atoms with Crippen molar-refractivity contribution in [3.8, 4) is 21.8 Å². The number of aryl methyl sites for hydroxylation is 1. The van der Waals surface area contributed by atoms with Gasteiger partial charge in [0.2, 0.25) is 0 Å². The van der Waals surface area contributed by atoms with E-state index in [1.165, 1.54) is 28.8 Å². The quantitative estimate of drug-likeness (QED) is 0.265. The van der Waals surface area contributed by atoms with Crippen LogP contribution in [0.2, 0.25) is 5.02 Å². The van der Waals surface area contributed by atoms with E-state index in [1.807, 2.05) is 42.5 Å². The van der Waals surface area contributed by atoms with Crippen molar-refractivity contribution >= 4 is 40.3 Å². The van der Waals surface area contributed by atoms with Crippen molar-refractivity contribution in [3.05, 3.63) is 81.6 Å². The second-order valence-corrected chi connectivity index (χ2v) is 11.9. The van der Waals surface area contributed by atoms with Crippen LogP contribution >= 0.6 is 23.1 Å². The number of amides is 1. The van der Waals surface area contributed by atoms with Gasteiger partial charge in [-0.2, -0.15) is 9.47 Å². The lowest BCUT2D eigenvalue weighted by Crippen LogP contribution is -2.47. The van der Waals surface area contributed by atoms with Crippen molar-refractivity contribution in [3.63, 3.8) is 0 Å². The third kappa shape index (κ3) is 6.15. The molecule has 3 aromatic heterocycles. The average molecular weight is 621 g/mol. The van der Waals surface area contributed by atoms with E-state index in [0.29, 0.717) is 48.7 Å². The number of nitrogens with zero attached hydrogens (tertiary/aromatic N) is 7. The number of rotatable bonds is 8. The summed E-state index contributed by atoms with van der Waals surface area (Å²) in [6, 6.07) is 13.2. The SMILES string of the molecule is Cn1nc2c(=O)n(CC3(O)CCN(Cc4ccc(-c5ncns5)cc4Cl)CC3)cnc2c1-c1ccc(COC(N)=O)cc1. The molecule has 0 bridgehead atoms. The van der Waals surface area contributed by atoms with Crippen LogP contribution in [0.5, 0.6) is 0 Å². The lowest BCUT2D eigenvalue weighted by atomic mass is 9.91. The Hall–Kier alpha value is -4.17. The Morgan fingerprint density at radius 3 is 2.53 bits per heavy atom. The molecule has 6 rings (SSSR count). The van der Waals surface area contributed by atoms with Gasteiger partial charge in [-0.25, -0.2) is 14.8 Å². The van der Waals surface area contributed by atoms with E-state index in [2.05, 4.69) is 24.3 Å². The molecule has 0 saturated carbocycles. The third-order valence-corrected chi connectivity index (χ3v) is 8.79. The van der Waals surface area contributed by atoms with E-state index in [4.69, 9.17) is 22.1 Å². The number of piperidine rings is 1. The van der Waals surface area contributed by atoms with Gasteiger partial charge in [0, 0.05) is 42.8 Å². The monoisotopic (exact) mass is 620 g/mol. The van der Waals surface area contributed by atoms with Gasteiger partial charge >= 0.3 is 6.09 Å². The summed E-state index contributed by atoms with van der Waals surface area (Å²) in [5.74, 6) is 0. The molecule has 5 aromatic rings. The van der Waals surface area contributed by atoms with E-state index < -0.39 is 11.7 Å². The summed E-state index contributed by atoms with van der Waals surface area (Å²) >= 11 is 7.91. The molecular formula is C29H29ClN8O4S. The molecule has 0 radical (unpaired) electrons. The highest BCUT2D eigenvalue weighted by Crippen LogP contribution is 2.30. The molecule has 222 valence electrons. The van der Waals surface area contributed by atoms with Crippen LogP contribution in [0.1, 0.15) is 24.0 Å². The Balaban J connectivity index is 1.13. The molecule has 1 fully saturated rings. The number of likely N-dealkylation sites (tertiary alicyclic amines) is 1. The fourth-order valence-electron chi connectivity index (χ4n) is 5.40. The van der Waals surface area contributed by atoms with Crippen LogP contribution in [0.25, 0.3) is 32.9 Å². The van der Waals surface area contributed by atoms with Gasteiger partial charge in [-0.1, -0.05) is 48.0 Å². The standard InChI is InChI=1S/C29H29ClN8O4S/c1-36-25(19-4-2-18(3-5-19)14-42-28(31)40)23-24(35-36)27(39)38(17-33-23)15-29(41)8-10-37(11-9-29)13-21-7-6-20(12-22(21)30)26-32-16-34-43-26/h2-7,12,16-17,41H,8-11,13-15H2,1H3,(H2,31,40). The molecule has 1 saturated heterocycles. The van der Waals surface area contributed by atoms with Crippen molar-refractivity contribution in [1.82, 2.24) is 33.6 Å². The highest BCUT2D eigenvalue weighted by Gasteiger charge is 2.33. The highest BCUT2D eigenvalue weighted by atomic mass is 35.5. The first-order valence-electron chi connectivity index (χ1n) is 13.6. The van der Waals surface area contributed by atoms with Gasteiger partial charge in [0.05, 0.1) is 24.2 Å². The minimum Gasteiger partial charge on any atom is -0.445 e. The van der Waals surface area contributed by atoms with Gasteiger partial charge in [0.1, 0.15) is 23.5 Å². The molecule has 0 unspecified atom stereocenters. The molecule has 12 nitrogen and oxygen atoms in total. The summed E-state index contributed by atoms with van der Waals surface area (Å²) in [6.07, 6.45) is 3.17. The zero-order valence-electron chi connectivity index (χ0n) is 23.3. The Labute approximate surface area is 255 Å². The first-order valence-corrected chi connectivity index (χ1v) is 14.8. The lowest BCUT2D eigenvalue weighted by Gasteiger charge is -2.38. The van der Waals surface area contributed by atoms with Crippen LogP contribution < -0.4 is 11.3 Å². The smallest absolute Gasteiger partial charge is 0.404 e. The molecule has 4 heterocycles. The fraction of sp³-hybridized carbons (Fsp3) is 0.310. The molecule has 0 atom stereocenters. The van der Waals surface area contributed by atoms with Gasteiger partial charge in [-0.05, 0) is 41.6 Å². The predicted octanol–water partition coefficient (Wildman–Crippen LogP) is 3.59. The Morgan fingerprint density at radius 1 is 1.12 bits per heavy atom. The summed E-state index contributed by atoms with van der Waals surface area (Å²) in [5, 5.41) is 17.4. The molecule has 2 aromatic carbocycles. The number of fused-ring (bicyclic) bond motifs is 1. The number of carbonyl (C=O) groups excluding carboxylic acids is 1. The van der Waals surface area contributed by atoms with E-state index >= 15 is 0 Å². The largest absolute Gasteiger partial charge is 0.445 e. The number of carbonyl (C=O) groups is 1. The second-order valence-electron chi connectivity index (χ2n) is 10.7. The third-order valence-electron chi connectivity index (χ3n) is 7.73. The number of hydrogen-bond acceptors (Lipinski definition) is 10. The molecule has 1 aliphatic heterocycles. The van der Waals surface area contributed by atoms with Crippen molar-refractivity contribution in [2.24, 2.45) is 12.8 Å². The van der Waals surface area contributed by atoms with Crippen LogP contribution in [0, 0.1) is 0 Å². The number of aliphatic hydroxyl groups is 1. The summed E-state index contributed by atoms with van der Waals surface area (Å²) < 4.78 is 12.0. The number of ether oxygens (including phenoxy) is 1. The predicted molar refractivity (Wildman–Crippen MR) is 162 cm³/mol. The minimum atomic E-state index is -1.05. The second kappa shape index (κ2) is 11.8. The van der Waals surface area contributed by atoms with Crippen molar-refractivity contribution in [1.29, 1.82) is 0 Å². The molecule has 0 aliphatic carbocycles. The van der Waals surface area contributed by atoms with Crippen LogP contribution in [0.3, 0.4) is 0 Å². The van der Waals surface area contributed by atoms with Crippen molar-refractivity contribution in [2.45, 2.75) is 38.1 Å². The summed E-state index contributed by atoms with van der Waals surface area (Å²) in [6.45, 7) is 2.17. The number of benzene rings is 2. The van der Waals surface area contributed by atoms with E-state index in [0.717, 1.165) is 27.3 Å². The lowest BCUT2D eigenvalue weighted by molar-refractivity contribution is -0.0364. The Morgan fingerprint density at radius 2 is 1.86 bits per heavy atom. The maximum absolute atomic E-state index is 13.4. The van der Waals surface area contributed by atoms with Crippen LogP contribution in [-0.2, 0) is 31.5 Å². The molecule has 1 amide bonds. The molecule has 43 heavy (non-hydrogen) atoms. The van der Waals surface area contributed by atoms with Gasteiger partial charge < -0.3 is 15.6 Å². The van der Waals surface area contributed by atoms with Gasteiger partial charge in [-0.3, -0.25) is 18.9 Å². The van der Waals surface area contributed by atoms with Gasteiger partial charge in [-0.15, -0.1) is 0 Å². The van der Waals surface area contributed by atoms with Gasteiger partial charge in [0.15, 0.2) is 5.52 Å². The highest BCUT2D eigenvalue weighted by molar-refractivity contribution is 7.09. The number of aromatic nitrogens is 6.